The van der Waals surface area contributed by atoms with Crippen molar-refractivity contribution in [3.8, 4) is 0 Å². The van der Waals surface area contributed by atoms with Crippen molar-refractivity contribution in [1.82, 2.24) is 9.21 Å². The number of nitrogens with two attached hydrogens (primary N) is 1. The van der Waals surface area contributed by atoms with E-state index in [1.54, 1.807) is 4.90 Å². The molecule has 1 unspecified atom stereocenters. The number of piperidine rings is 1. The van der Waals surface area contributed by atoms with Crippen LogP contribution in [0.4, 0.5) is 0 Å². The number of carbonyl (C=O) groups excluding carboxylic acids is 1. The molecule has 2 aliphatic heterocycles. The number of halogens is 1. The molecule has 2 N–H and O–H groups in total. The molecular formula is C13H26ClN3O3S. The summed E-state index contributed by atoms with van der Waals surface area (Å²) in [5, 5.41) is 0. The van der Waals surface area contributed by atoms with Gasteiger partial charge in [0.1, 0.15) is 6.04 Å². The lowest BCUT2D eigenvalue weighted by atomic mass is 10.0. The van der Waals surface area contributed by atoms with E-state index >= 15 is 0 Å². The number of likely N-dealkylation sites (tertiary alicyclic amines) is 1. The highest BCUT2D eigenvalue weighted by atomic mass is 35.5. The van der Waals surface area contributed by atoms with E-state index in [2.05, 4.69) is 0 Å². The van der Waals surface area contributed by atoms with Gasteiger partial charge in [0, 0.05) is 25.7 Å². The molecule has 6 nitrogen and oxygen atoms in total. The van der Waals surface area contributed by atoms with Crippen LogP contribution < -0.4 is 5.73 Å². The van der Waals surface area contributed by atoms with Crippen molar-refractivity contribution in [2.75, 3.05) is 25.4 Å². The van der Waals surface area contributed by atoms with Gasteiger partial charge in [-0.3, -0.25) is 4.79 Å². The number of amides is 1. The molecule has 8 heteroatoms. The van der Waals surface area contributed by atoms with Gasteiger partial charge in [0.25, 0.3) is 0 Å². The van der Waals surface area contributed by atoms with Gasteiger partial charge < -0.3 is 10.6 Å². The van der Waals surface area contributed by atoms with E-state index in [0.717, 1.165) is 19.3 Å². The van der Waals surface area contributed by atoms with Gasteiger partial charge in [-0.1, -0.05) is 6.92 Å². The van der Waals surface area contributed by atoms with Crippen LogP contribution in [0.1, 0.15) is 39.0 Å². The minimum Gasteiger partial charge on any atom is -0.341 e. The lowest BCUT2D eigenvalue weighted by molar-refractivity contribution is -0.135. The molecule has 1 atom stereocenters. The highest BCUT2D eigenvalue weighted by molar-refractivity contribution is 7.89. The van der Waals surface area contributed by atoms with Gasteiger partial charge in [0.15, 0.2) is 0 Å². The van der Waals surface area contributed by atoms with Crippen LogP contribution in [0.15, 0.2) is 0 Å². The summed E-state index contributed by atoms with van der Waals surface area (Å²) < 4.78 is 25.9. The lowest BCUT2D eigenvalue weighted by Crippen LogP contribution is -2.51. The summed E-state index contributed by atoms with van der Waals surface area (Å²) in [7, 11) is -3.29. The molecule has 2 rings (SSSR count). The fourth-order valence-corrected chi connectivity index (χ4v) is 4.77. The maximum Gasteiger partial charge on any atom is 0.241 e. The van der Waals surface area contributed by atoms with Crippen LogP contribution in [0.2, 0.25) is 0 Å². The zero-order valence-corrected chi connectivity index (χ0v) is 14.2. The van der Waals surface area contributed by atoms with Crippen LogP contribution in [-0.2, 0) is 14.8 Å². The Bertz CT molecular complexity index is 450. The summed E-state index contributed by atoms with van der Waals surface area (Å²) in [6, 6.07) is -0.316. The third kappa shape index (κ3) is 4.31. The minimum absolute atomic E-state index is 0. The van der Waals surface area contributed by atoms with Gasteiger partial charge in [-0.15, -0.1) is 12.4 Å². The highest BCUT2D eigenvalue weighted by Crippen LogP contribution is 2.24. The van der Waals surface area contributed by atoms with Gasteiger partial charge in [-0.25, -0.2) is 8.42 Å². The molecule has 1 amide bonds. The van der Waals surface area contributed by atoms with Crippen molar-refractivity contribution in [3.05, 3.63) is 0 Å². The van der Waals surface area contributed by atoms with E-state index in [4.69, 9.17) is 5.73 Å². The first-order valence-corrected chi connectivity index (χ1v) is 9.10. The Balaban J connectivity index is 0.00000220. The topological polar surface area (TPSA) is 83.7 Å². The van der Waals surface area contributed by atoms with E-state index in [0.29, 0.717) is 32.5 Å². The Morgan fingerprint density at radius 2 is 1.81 bits per heavy atom. The fourth-order valence-electron chi connectivity index (χ4n) is 3.03. The van der Waals surface area contributed by atoms with Gasteiger partial charge in [-0.2, -0.15) is 4.31 Å². The molecule has 2 aliphatic rings. The molecule has 0 aromatic rings. The summed E-state index contributed by atoms with van der Waals surface area (Å²) in [5.41, 5.74) is 5.84. The Hall–Kier alpha value is -0.370. The van der Waals surface area contributed by atoms with Crippen LogP contribution in [-0.4, -0.2) is 61.0 Å². The van der Waals surface area contributed by atoms with Crippen LogP contribution in [0.3, 0.4) is 0 Å². The van der Waals surface area contributed by atoms with Crippen molar-refractivity contribution < 1.29 is 13.2 Å². The van der Waals surface area contributed by atoms with Crippen molar-refractivity contribution in [2.24, 2.45) is 5.73 Å². The molecule has 0 aromatic carbocycles. The first-order chi connectivity index (χ1) is 9.45. The van der Waals surface area contributed by atoms with E-state index < -0.39 is 16.1 Å². The fraction of sp³-hybridized carbons (Fsp3) is 0.923. The van der Waals surface area contributed by atoms with Crippen molar-refractivity contribution in [2.45, 2.75) is 51.1 Å². The summed E-state index contributed by atoms with van der Waals surface area (Å²) in [6.45, 7) is 3.62. The van der Waals surface area contributed by atoms with E-state index in [9.17, 15) is 13.2 Å². The normalized spacial score (nSPS) is 24.9. The Labute approximate surface area is 133 Å². The van der Waals surface area contributed by atoms with Gasteiger partial charge in [0.05, 0.1) is 5.75 Å². The Morgan fingerprint density at radius 1 is 1.19 bits per heavy atom. The van der Waals surface area contributed by atoms with Gasteiger partial charge in [-0.05, 0) is 32.1 Å². The molecule has 0 radical (unpaired) electrons. The Morgan fingerprint density at radius 3 is 2.38 bits per heavy atom. The maximum absolute atomic E-state index is 12.5. The molecule has 0 aromatic heterocycles. The minimum atomic E-state index is -3.29. The largest absolute Gasteiger partial charge is 0.341 e. The quantitative estimate of drug-likeness (QED) is 0.811. The molecule has 0 spiro atoms. The SMILES string of the molecule is CCCS(=O)(=O)N1CCCC1C(=O)N1CCC(N)CC1.Cl. The van der Waals surface area contributed by atoms with E-state index in [1.165, 1.54) is 4.31 Å². The molecule has 124 valence electrons. The smallest absolute Gasteiger partial charge is 0.241 e. The first-order valence-electron chi connectivity index (χ1n) is 7.49. The highest BCUT2D eigenvalue weighted by Gasteiger charge is 2.40. The van der Waals surface area contributed by atoms with Crippen LogP contribution in [0.5, 0.6) is 0 Å². The van der Waals surface area contributed by atoms with Crippen LogP contribution in [0.25, 0.3) is 0 Å². The third-order valence-electron chi connectivity index (χ3n) is 4.16. The second-order valence-corrected chi connectivity index (χ2v) is 7.79. The van der Waals surface area contributed by atoms with Crippen molar-refractivity contribution in [1.29, 1.82) is 0 Å². The van der Waals surface area contributed by atoms with Crippen molar-refractivity contribution >= 4 is 28.3 Å². The molecule has 21 heavy (non-hydrogen) atoms. The second-order valence-electron chi connectivity index (χ2n) is 5.75. The predicted molar refractivity (Wildman–Crippen MR) is 84.8 cm³/mol. The predicted octanol–water partition coefficient (Wildman–Crippen LogP) is 0.562. The zero-order valence-electron chi connectivity index (χ0n) is 12.5. The van der Waals surface area contributed by atoms with Gasteiger partial charge in [0.2, 0.25) is 15.9 Å². The zero-order chi connectivity index (χ0) is 14.8. The number of nitrogens with zero attached hydrogens (tertiary/aromatic N) is 2. The van der Waals surface area contributed by atoms with Crippen LogP contribution >= 0.6 is 12.4 Å². The lowest BCUT2D eigenvalue weighted by Gasteiger charge is -2.34. The number of sulfonamides is 1. The van der Waals surface area contributed by atoms with E-state index in [-0.39, 0.29) is 30.1 Å². The second kappa shape index (κ2) is 7.76. The standard InChI is InChI=1S/C13H25N3O3S.ClH/c1-2-10-20(18,19)16-7-3-4-12(16)13(17)15-8-5-11(14)6-9-15;/h11-12H,2-10,14H2,1H3;1H. The van der Waals surface area contributed by atoms with Crippen LogP contribution in [0, 0.1) is 0 Å². The molecule has 2 saturated heterocycles. The average molecular weight is 340 g/mol. The number of hydrogen-bond donors (Lipinski definition) is 1. The van der Waals surface area contributed by atoms with Gasteiger partial charge >= 0.3 is 0 Å². The maximum atomic E-state index is 12.5. The molecule has 2 heterocycles. The molecule has 0 saturated carbocycles. The number of hydrogen-bond acceptors (Lipinski definition) is 4. The van der Waals surface area contributed by atoms with E-state index in [1.807, 2.05) is 6.92 Å². The molecule has 2 fully saturated rings. The molecule has 0 bridgehead atoms. The van der Waals surface area contributed by atoms with Crippen molar-refractivity contribution in [3.63, 3.8) is 0 Å². The molecule has 0 aliphatic carbocycles. The Kier molecular flexibility index (Phi) is 6.90. The summed E-state index contributed by atoms with van der Waals surface area (Å²) >= 11 is 0. The first kappa shape index (κ1) is 18.7. The summed E-state index contributed by atoms with van der Waals surface area (Å²) in [5.74, 6) is 0.0934. The monoisotopic (exact) mass is 339 g/mol. The molecular weight excluding hydrogens is 314 g/mol. The summed E-state index contributed by atoms with van der Waals surface area (Å²) in [6.07, 6.45) is 3.61. The third-order valence-corrected chi connectivity index (χ3v) is 6.24. The summed E-state index contributed by atoms with van der Waals surface area (Å²) in [4.78, 5) is 14.3. The number of rotatable bonds is 4. The average Bonchev–Trinajstić information content (AvgIpc) is 2.88. The number of carbonyl (C=O) groups is 1.